The molecule has 2 aromatic carbocycles. The highest BCUT2D eigenvalue weighted by Gasteiger charge is 2.22. The number of aryl methyl sites for hydroxylation is 1. The summed E-state index contributed by atoms with van der Waals surface area (Å²) in [7, 11) is 1.50. The second-order valence-electron chi connectivity index (χ2n) is 5.94. The van der Waals surface area contributed by atoms with Crippen LogP contribution in [0.5, 0.6) is 0 Å². The summed E-state index contributed by atoms with van der Waals surface area (Å²) >= 11 is 0.916. The van der Waals surface area contributed by atoms with Gasteiger partial charge in [0.05, 0.1) is 11.8 Å². The lowest BCUT2D eigenvalue weighted by Gasteiger charge is -2.21. The third kappa shape index (κ3) is 5.56. The van der Waals surface area contributed by atoms with E-state index in [0.29, 0.717) is 5.69 Å². The van der Waals surface area contributed by atoms with Crippen molar-refractivity contribution < 1.29 is 18.4 Å². The van der Waals surface area contributed by atoms with Crippen molar-refractivity contribution >= 4 is 29.3 Å². The Morgan fingerprint density at radius 1 is 1.15 bits per heavy atom. The van der Waals surface area contributed by atoms with Crippen molar-refractivity contribution in [2.45, 2.75) is 24.0 Å². The van der Waals surface area contributed by atoms with Gasteiger partial charge in [0, 0.05) is 17.6 Å². The van der Waals surface area contributed by atoms with Crippen LogP contribution < -0.4 is 5.32 Å². The van der Waals surface area contributed by atoms with Crippen molar-refractivity contribution in [3.8, 4) is 0 Å². The lowest BCUT2D eigenvalue weighted by molar-refractivity contribution is -0.132. The Hall–Kier alpha value is -2.41. The van der Waals surface area contributed by atoms with Crippen LogP contribution in [0.15, 0.2) is 47.4 Å². The minimum atomic E-state index is -0.663. The molecule has 0 aromatic heterocycles. The highest BCUT2D eigenvalue weighted by molar-refractivity contribution is 8.00. The van der Waals surface area contributed by atoms with Gasteiger partial charge < -0.3 is 10.2 Å². The molecule has 0 radical (unpaired) electrons. The second-order valence-corrected chi connectivity index (χ2v) is 7.33. The zero-order valence-electron chi connectivity index (χ0n) is 14.8. The van der Waals surface area contributed by atoms with Crippen molar-refractivity contribution in [1.82, 2.24) is 4.90 Å². The van der Waals surface area contributed by atoms with Crippen LogP contribution in [0.4, 0.5) is 14.5 Å². The summed E-state index contributed by atoms with van der Waals surface area (Å²) in [6, 6.07) is 10.4. The van der Waals surface area contributed by atoms with E-state index in [4.69, 9.17) is 0 Å². The molecule has 0 heterocycles. The molecule has 2 aromatic rings. The van der Waals surface area contributed by atoms with Crippen molar-refractivity contribution in [3.05, 3.63) is 59.7 Å². The van der Waals surface area contributed by atoms with Gasteiger partial charge in [0.2, 0.25) is 11.8 Å². The standard InChI is InChI=1S/C19H20F2N2O2S/c1-12-4-7-15(8-5-12)22-18(24)11-23(3)19(25)13(2)26-17-10-14(20)6-9-16(17)21/h4-10,13H,11H2,1-3H3,(H,22,24)/t13-/m1/s1. The average Bonchev–Trinajstić information content (AvgIpc) is 2.59. The van der Waals surface area contributed by atoms with Gasteiger partial charge in [-0.2, -0.15) is 0 Å². The normalized spacial score (nSPS) is 11.7. The molecule has 26 heavy (non-hydrogen) atoms. The van der Waals surface area contributed by atoms with Crippen molar-refractivity contribution in [1.29, 1.82) is 0 Å². The van der Waals surface area contributed by atoms with Crippen molar-refractivity contribution in [3.63, 3.8) is 0 Å². The first-order valence-corrected chi connectivity index (χ1v) is 8.87. The summed E-state index contributed by atoms with van der Waals surface area (Å²) in [5.41, 5.74) is 1.72. The number of anilines is 1. The highest BCUT2D eigenvalue weighted by atomic mass is 32.2. The molecular weight excluding hydrogens is 358 g/mol. The molecule has 0 fully saturated rings. The number of amides is 2. The molecule has 0 saturated carbocycles. The number of nitrogens with one attached hydrogen (secondary N) is 1. The molecule has 4 nitrogen and oxygen atoms in total. The molecule has 138 valence electrons. The van der Waals surface area contributed by atoms with E-state index in [1.165, 1.54) is 11.9 Å². The molecule has 1 atom stereocenters. The van der Waals surface area contributed by atoms with E-state index in [2.05, 4.69) is 5.32 Å². The molecule has 7 heteroatoms. The van der Waals surface area contributed by atoms with E-state index in [9.17, 15) is 18.4 Å². The van der Waals surface area contributed by atoms with Gasteiger partial charge in [0.1, 0.15) is 11.6 Å². The molecule has 0 spiro atoms. The second kappa shape index (κ2) is 8.80. The van der Waals surface area contributed by atoms with Gasteiger partial charge in [-0.1, -0.05) is 17.7 Å². The average molecular weight is 378 g/mol. The number of thioether (sulfide) groups is 1. The minimum absolute atomic E-state index is 0.0587. The first-order valence-electron chi connectivity index (χ1n) is 7.99. The molecule has 0 saturated heterocycles. The van der Waals surface area contributed by atoms with Crippen molar-refractivity contribution in [2.75, 3.05) is 18.9 Å². The number of hydrogen-bond donors (Lipinski definition) is 1. The number of carbonyl (C=O) groups excluding carboxylic acids is 2. The molecule has 2 rings (SSSR count). The zero-order valence-corrected chi connectivity index (χ0v) is 15.6. The monoisotopic (exact) mass is 378 g/mol. The summed E-state index contributed by atoms with van der Waals surface area (Å²) < 4.78 is 26.9. The van der Waals surface area contributed by atoms with Crippen LogP contribution in [0.1, 0.15) is 12.5 Å². The van der Waals surface area contributed by atoms with Crippen LogP contribution in [-0.2, 0) is 9.59 Å². The number of rotatable bonds is 6. The highest BCUT2D eigenvalue weighted by Crippen LogP contribution is 2.27. The zero-order chi connectivity index (χ0) is 19.3. The lowest BCUT2D eigenvalue weighted by Crippen LogP contribution is -2.38. The fourth-order valence-electron chi connectivity index (χ4n) is 2.25. The van der Waals surface area contributed by atoms with E-state index in [1.54, 1.807) is 19.1 Å². The summed E-state index contributed by atoms with van der Waals surface area (Å²) in [6.45, 7) is 3.40. The largest absolute Gasteiger partial charge is 0.335 e. The number of nitrogens with zero attached hydrogens (tertiary/aromatic N) is 1. The predicted octanol–water partition coefficient (Wildman–Crippen LogP) is 3.85. The van der Waals surface area contributed by atoms with E-state index in [0.717, 1.165) is 35.5 Å². The summed E-state index contributed by atoms with van der Waals surface area (Å²) in [5.74, 6) is -1.84. The van der Waals surface area contributed by atoms with Gasteiger partial charge >= 0.3 is 0 Å². The Balaban J connectivity index is 1.92. The lowest BCUT2D eigenvalue weighted by atomic mass is 10.2. The molecule has 2 amide bonds. The van der Waals surface area contributed by atoms with Gasteiger partial charge in [-0.15, -0.1) is 11.8 Å². The SMILES string of the molecule is Cc1ccc(NC(=O)CN(C)C(=O)[C@@H](C)Sc2cc(F)ccc2F)cc1. The summed E-state index contributed by atoms with van der Waals surface area (Å²) in [5, 5.41) is 2.05. The van der Waals surface area contributed by atoms with E-state index in [1.807, 2.05) is 19.1 Å². The maximum absolute atomic E-state index is 13.7. The molecule has 0 aliphatic heterocycles. The van der Waals surface area contributed by atoms with Gasteiger partial charge in [0.15, 0.2) is 0 Å². The third-order valence-corrected chi connectivity index (χ3v) is 4.76. The van der Waals surface area contributed by atoms with Crippen LogP contribution in [-0.4, -0.2) is 35.6 Å². The summed E-state index contributed by atoms with van der Waals surface area (Å²) in [6.07, 6.45) is 0. The Morgan fingerprint density at radius 3 is 2.46 bits per heavy atom. The Labute approximate surface area is 155 Å². The smallest absolute Gasteiger partial charge is 0.243 e. The number of halogens is 2. The number of benzene rings is 2. The molecular formula is C19H20F2N2O2S. The number of carbonyl (C=O) groups is 2. The maximum Gasteiger partial charge on any atom is 0.243 e. The van der Waals surface area contributed by atoms with Gasteiger partial charge in [0.25, 0.3) is 0 Å². The Bertz CT molecular complexity index is 797. The fourth-order valence-corrected chi connectivity index (χ4v) is 3.27. The molecule has 0 aliphatic carbocycles. The minimum Gasteiger partial charge on any atom is -0.335 e. The Kier molecular flexibility index (Phi) is 6.74. The Morgan fingerprint density at radius 2 is 1.81 bits per heavy atom. The molecule has 0 bridgehead atoms. The van der Waals surface area contributed by atoms with Gasteiger partial charge in [-0.25, -0.2) is 8.78 Å². The van der Waals surface area contributed by atoms with Crippen molar-refractivity contribution in [2.24, 2.45) is 0 Å². The first kappa shape index (κ1) is 19.9. The van der Waals surface area contributed by atoms with E-state index < -0.39 is 16.9 Å². The molecule has 0 unspecified atom stereocenters. The van der Waals surface area contributed by atoms with Crippen LogP contribution in [0, 0.1) is 18.6 Å². The predicted molar refractivity (Wildman–Crippen MR) is 99.1 cm³/mol. The van der Waals surface area contributed by atoms with Crippen LogP contribution in [0.2, 0.25) is 0 Å². The number of likely N-dealkylation sites (N-methyl/N-ethyl adjacent to an activating group) is 1. The van der Waals surface area contributed by atoms with E-state index in [-0.39, 0.29) is 23.3 Å². The van der Waals surface area contributed by atoms with E-state index >= 15 is 0 Å². The fraction of sp³-hybridized carbons (Fsp3) is 0.263. The molecule has 1 N–H and O–H groups in total. The molecule has 0 aliphatic rings. The van der Waals surface area contributed by atoms with Crippen LogP contribution in [0.25, 0.3) is 0 Å². The van der Waals surface area contributed by atoms with Gasteiger partial charge in [-0.05, 0) is 44.2 Å². The van der Waals surface area contributed by atoms with Crippen LogP contribution in [0.3, 0.4) is 0 Å². The number of hydrogen-bond acceptors (Lipinski definition) is 3. The first-order chi connectivity index (χ1) is 12.3. The third-order valence-electron chi connectivity index (χ3n) is 3.64. The summed E-state index contributed by atoms with van der Waals surface area (Å²) in [4.78, 5) is 25.8. The maximum atomic E-state index is 13.7. The van der Waals surface area contributed by atoms with Crippen LogP contribution >= 0.6 is 11.8 Å². The van der Waals surface area contributed by atoms with Gasteiger partial charge in [-0.3, -0.25) is 9.59 Å². The topological polar surface area (TPSA) is 49.4 Å². The quantitative estimate of drug-likeness (QED) is 0.777.